The fourth-order valence-corrected chi connectivity index (χ4v) is 2.10. The molecule has 1 aromatic carbocycles. The van der Waals surface area contributed by atoms with Crippen molar-refractivity contribution < 1.29 is 14.7 Å². The van der Waals surface area contributed by atoms with Crippen LogP contribution in [0.3, 0.4) is 0 Å². The monoisotopic (exact) mass is 298 g/mol. The number of aromatic carboxylic acids is 1. The van der Waals surface area contributed by atoms with Crippen LogP contribution in [-0.2, 0) is 4.79 Å². The van der Waals surface area contributed by atoms with Gasteiger partial charge in [0.25, 0.3) is 0 Å². The second-order valence-corrected chi connectivity index (χ2v) is 4.81. The van der Waals surface area contributed by atoms with Crippen molar-refractivity contribution >= 4 is 29.2 Å². The Balaban J connectivity index is 2.93. The number of carboxylic acids is 1. The quantitative estimate of drug-likeness (QED) is 0.847. The lowest BCUT2D eigenvalue weighted by Crippen LogP contribution is -2.41. The molecule has 0 spiro atoms. The van der Waals surface area contributed by atoms with Crippen molar-refractivity contribution in [1.29, 1.82) is 0 Å². The van der Waals surface area contributed by atoms with Crippen LogP contribution in [0.15, 0.2) is 18.2 Å². The van der Waals surface area contributed by atoms with Gasteiger partial charge in [-0.1, -0.05) is 11.6 Å². The molecule has 1 rings (SSSR count). The van der Waals surface area contributed by atoms with E-state index in [4.69, 9.17) is 16.7 Å². The minimum absolute atomic E-state index is 0.0525. The third-order valence-electron chi connectivity index (χ3n) is 3.03. The Hall–Kier alpha value is -1.75. The van der Waals surface area contributed by atoms with Gasteiger partial charge in [-0.3, -0.25) is 4.79 Å². The summed E-state index contributed by atoms with van der Waals surface area (Å²) in [5, 5.41) is 12.4. The third kappa shape index (κ3) is 3.87. The lowest BCUT2D eigenvalue weighted by molar-refractivity contribution is -0.131. The normalized spacial score (nSPS) is 11.8. The number of hydrogen-bond donors (Lipinski definition) is 2. The van der Waals surface area contributed by atoms with Crippen LogP contribution in [0.5, 0.6) is 0 Å². The van der Waals surface area contributed by atoms with E-state index in [0.717, 1.165) is 0 Å². The second kappa shape index (κ2) is 7.14. The number of amides is 1. The Morgan fingerprint density at radius 1 is 1.35 bits per heavy atom. The molecule has 2 N–H and O–H groups in total. The number of nitrogens with one attached hydrogen (secondary N) is 1. The first-order valence-corrected chi connectivity index (χ1v) is 6.86. The molecular formula is C14H19ClN2O3. The zero-order chi connectivity index (χ0) is 15.3. The highest BCUT2D eigenvalue weighted by molar-refractivity contribution is 6.31. The summed E-state index contributed by atoms with van der Waals surface area (Å²) in [5.41, 5.74) is 0.437. The van der Waals surface area contributed by atoms with E-state index in [-0.39, 0.29) is 11.5 Å². The number of nitrogens with zero attached hydrogens (tertiary/aromatic N) is 1. The SMILES string of the molecule is CCN(CC)C(=O)C(C)Nc1ccc(Cl)cc1C(=O)O. The van der Waals surface area contributed by atoms with Gasteiger partial charge in [-0.15, -0.1) is 0 Å². The van der Waals surface area contributed by atoms with Gasteiger partial charge in [0.15, 0.2) is 0 Å². The average Bonchev–Trinajstić information content (AvgIpc) is 2.41. The molecule has 1 unspecified atom stereocenters. The van der Waals surface area contributed by atoms with Crippen LogP contribution < -0.4 is 5.32 Å². The van der Waals surface area contributed by atoms with E-state index >= 15 is 0 Å². The molecule has 6 heteroatoms. The molecule has 0 bridgehead atoms. The van der Waals surface area contributed by atoms with Gasteiger partial charge >= 0.3 is 5.97 Å². The van der Waals surface area contributed by atoms with Crippen LogP contribution in [-0.4, -0.2) is 41.0 Å². The Morgan fingerprint density at radius 2 is 1.95 bits per heavy atom. The highest BCUT2D eigenvalue weighted by atomic mass is 35.5. The maximum Gasteiger partial charge on any atom is 0.337 e. The van der Waals surface area contributed by atoms with Crippen molar-refractivity contribution in [2.45, 2.75) is 26.8 Å². The first-order chi connectivity index (χ1) is 9.40. The van der Waals surface area contributed by atoms with Gasteiger partial charge in [0.05, 0.1) is 5.56 Å². The molecule has 0 aliphatic rings. The molecular weight excluding hydrogens is 280 g/mol. The van der Waals surface area contributed by atoms with E-state index in [2.05, 4.69) is 5.32 Å². The molecule has 0 aromatic heterocycles. The number of carbonyl (C=O) groups excluding carboxylic acids is 1. The summed E-state index contributed by atoms with van der Waals surface area (Å²) < 4.78 is 0. The lowest BCUT2D eigenvalue weighted by Gasteiger charge is -2.24. The molecule has 0 aliphatic heterocycles. The van der Waals surface area contributed by atoms with Crippen LogP contribution >= 0.6 is 11.6 Å². The third-order valence-corrected chi connectivity index (χ3v) is 3.26. The van der Waals surface area contributed by atoms with Crippen LogP contribution in [0.2, 0.25) is 5.02 Å². The van der Waals surface area contributed by atoms with Crippen molar-refractivity contribution in [1.82, 2.24) is 4.90 Å². The molecule has 0 radical (unpaired) electrons. The maximum atomic E-state index is 12.1. The molecule has 0 saturated carbocycles. The zero-order valence-electron chi connectivity index (χ0n) is 11.8. The molecule has 5 nitrogen and oxygen atoms in total. The summed E-state index contributed by atoms with van der Waals surface area (Å²) in [6, 6.07) is 4.01. The number of halogens is 1. The number of hydrogen-bond acceptors (Lipinski definition) is 3. The first kappa shape index (κ1) is 16.3. The van der Waals surface area contributed by atoms with Gasteiger partial charge < -0.3 is 15.3 Å². The number of likely N-dealkylation sites (N-methyl/N-ethyl adjacent to an activating group) is 1. The minimum atomic E-state index is -1.09. The van der Waals surface area contributed by atoms with Gasteiger partial charge in [0.1, 0.15) is 6.04 Å². The van der Waals surface area contributed by atoms with Crippen molar-refractivity contribution in [3.63, 3.8) is 0 Å². The van der Waals surface area contributed by atoms with Gasteiger partial charge in [-0.25, -0.2) is 4.79 Å². The van der Waals surface area contributed by atoms with Crippen molar-refractivity contribution in [2.24, 2.45) is 0 Å². The predicted octanol–water partition coefficient (Wildman–Crippen LogP) is 2.71. The molecule has 0 aliphatic carbocycles. The molecule has 0 fully saturated rings. The smallest absolute Gasteiger partial charge is 0.337 e. The van der Waals surface area contributed by atoms with Crippen LogP contribution in [0, 0.1) is 0 Å². The molecule has 1 atom stereocenters. The zero-order valence-corrected chi connectivity index (χ0v) is 12.6. The van der Waals surface area contributed by atoms with E-state index in [1.54, 1.807) is 24.0 Å². The number of carboxylic acid groups (broad SMARTS) is 1. The van der Waals surface area contributed by atoms with E-state index in [1.165, 1.54) is 6.07 Å². The van der Waals surface area contributed by atoms with Gasteiger partial charge in [-0.2, -0.15) is 0 Å². The Bertz CT molecular complexity index is 501. The van der Waals surface area contributed by atoms with E-state index in [0.29, 0.717) is 23.8 Å². The fraction of sp³-hybridized carbons (Fsp3) is 0.429. The predicted molar refractivity (Wildman–Crippen MR) is 79.4 cm³/mol. The highest BCUT2D eigenvalue weighted by Crippen LogP contribution is 2.21. The van der Waals surface area contributed by atoms with Crippen molar-refractivity contribution in [2.75, 3.05) is 18.4 Å². The number of anilines is 1. The fourth-order valence-electron chi connectivity index (χ4n) is 1.92. The summed E-state index contributed by atoms with van der Waals surface area (Å²) in [6.07, 6.45) is 0. The minimum Gasteiger partial charge on any atom is -0.478 e. The van der Waals surface area contributed by atoms with Gasteiger partial charge in [0, 0.05) is 23.8 Å². The van der Waals surface area contributed by atoms with E-state index in [1.807, 2.05) is 13.8 Å². The van der Waals surface area contributed by atoms with Crippen LogP contribution in [0.4, 0.5) is 5.69 Å². The van der Waals surface area contributed by atoms with E-state index < -0.39 is 12.0 Å². The Kier molecular flexibility index (Phi) is 5.82. The molecule has 1 amide bonds. The Morgan fingerprint density at radius 3 is 2.45 bits per heavy atom. The van der Waals surface area contributed by atoms with Gasteiger partial charge in [-0.05, 0) is 39.0 Å². The van der Waals surface area contributed by atoms with E-state index in [9.17, 15) is 9.59 Å². The number of rotatable bonds is 6. The molecule has 20 heavy (non-hydrogen) atoms. The summed E-state index contributed by atoms with van der Waals surface area (Å²) in [5.74, 6) is -1.15. The highest BCUT2D eigenvalue weighted by Gasteiger charge is 2.20. The lowest BCUT2D eigenvalue weighted by atomic mass is 10.1. The van der Waals surface area contributed by atoms with Gasteiger partial charge in [0.2, 0.25) is 5.91 Å². The first-order valence-electron chi connectivity index (χ1n) is 6.48. The topological polar surface area (TPSA) is 69.6 Å². The van der Waals surface area contributed by atoms with Crippen LogP contribution in [0.25, 0.3) is 0 Å². The largest absolute Gasteiger partial charge is 0.478 e. The summed E-state index contributed by atoms with van der Waals surface area (Å²) >= 11 is 5.79. The summed E-state index contributed by atoms with van der Waals surface area (Å²) in [6.45, 7) is 6.75. The molecule has 110 valence electrons. The maximum absolute atomic E-state index is 12.1. The Labute approximate surface area is 123 Å². The van der Waals surface area contributed by atoms with Crippen molar-refractivity contribution in [3.8, 4) is 0 Å². The standard InChI is InChI=1S/C14H19ClN2O3/c1-4-17(5-2)13(18)9(3)16-12-7-6-10(15)8-11(12)14(19)20/h6-9,16H,4-5H2,1-3H3,(H,19,20). The van der Waals surface area contributed by atoms with Crippen molar-refractivity contribution in [3.05, 3.63) is 28.8 Å². The number of carbonyl (C=O) groups is 2. The average molecular weight is 299 g/mol. The van der Waals surface area contributed by atoms with Crippen LogP contribution in [0.1, 0.15) is 31.1 Å². The molecule has 1 aromatic rings. The number of benzene rings is 1. The summed E-state index contributed by atoms with van der Waals surface area (Å²) in [7, 11) is 0. The second-order valence-electron chi connectivity index (χ2n) is 4.37. The summed E-state index contributed by atoms with van der Waals surface area (Å²) in [4.78, 5) is 25.0. The molecule has 0 heterocycles. The molecule has 0 saturated heterocycles.